The molecule has 1 aliphatic rings. The highest BCUT2D eigenvalue weighted by atomic mass is 16.5. The Labute approximate surface area is 110 Å². The van der Waals surface area contributed by atoms with Crippen LogP contribution in [0.5, 0.6) is 0 Å². The number of hydrogen-bond acceptors (Lipinski definition) is 4. The fraction of sp³-hybridized carbons (Fsp3) is 0.923. The van der Waals surface area contributed by atoms with Crippen molar-refractivity contribution in [3.63, 3.8) is 0 Å². The number of carbonyl (C=O) groups is 1. The molecule has 0 aromatic carbocycles. The van der Waals surface area contributed by atoms with Crippen molar-refractivity contribution in [2.24, 2.45) is 11.1 Å². The number of rotatable bonds is 8. The van der Waals surface area contributed by atoms with Gasteiger partial charge in [0.1, 0.15) is 0 Å². The highest BCUT2D eigenvalue weighted by molar-refractivity contribution is 5.83. The third-order valence-electron chi connectivity index (χ3n) is 3.65. The number of carbonyl (C=O) groups excluding carboxylic acids is 1. The summed E-state index contributed by atoms with van der Waals surface area (Å²) < 4.78 is 5.44. The van der Waals surface area contributed by atoms with Crippen LogP contribution in [-0.2, 0) is 9.53 Å². The van der Waals surface area contributed by atoms with Gasteiger partial charge in [0.25, 0.3) is 0 Å². The lowest BCUT2D eigenvalue weighted by Crippen LogP contribution is -2.45. The van der Waals surface area contributed by atoms with Crippen molar-refractivity contribution in [2.75, 3.05) is 46.9 Å². The first kappa shape index (κ1) is 15.4. The van der Waals surface area contributed by atoms with Gasteiger partial charge in [-0.1, -0.05) is 12.8 Å². The van der Waals surface area contributed by atoms with Crippen LogP contribution < -0.4 is 11.1 Å². The van der Waals surface area contributed by atoms with Crippen molar-refractivity contribution < 1.29 is 9.53 Å². The summed E-state index contributed by atoms with van der Waals surface area (Å²) in [6.07, 6.45) is 4.08. The summed E-state index contributed by atoms with van der Waals surface area (Å²) in [5.41, 5.74) is 5.46. The van der Waals surface area contributed by atoms with E-state index >= 15 is 0 Å². The molecule has 0 heterocycles. The van der Waals surface area contributed by atoms with Crippen molar-refractivity contribution in [1.82, 2.24) is 10.2 Å². The van der Waals surface area contributed by atoms with Gasteiger partial charge in [0, 0.05) is 19.6 Å². The Hall–Kier alpha value is -0.650. The summed E-state index contributed by atoms with van der Waals surface area (Å²) in [5.74, 6) is 0.110. The summed E-state index contributed by atoms with van der Waals surface area (Å²) in [6.45, 7) is 3.21. The molecule has 0 aromatic heterocycles. The molecule has 1 aliphatic carbocycles. The third kappa shape index (κ3) is 4.55. The Bertz CT molecular complexity index is 251. The number of ether oxygens (including phenoxy) is 1. The summed E-state index contributed by atoms with van der Waals surface area (Å²) in [7, 11) is 4.02. The van der Waals surface area contributed by atoms with Crippen LogP contribution in [0.15, 0.2) is 0 Å². The Balaban J connectivity index is 2.13. The first-order chi connectivity index (χ1) is 8.60. The van der Waals surface area contributed by atoms with Crippen molar-refractivity contribution >= 4 is 5.91 Å². The van der Waals surface area contributed by atoms with E-state index in [2.05, 4.69) is 10.2 Å². The molecule has 0 aromatic rings. The number of amides is 1. The van der Waals surface area contributed by atoms with Crippen LogP contribution in [0.3, 0.4) is 0 Å². The topological polar surface area (TPSA) is 67.6 Å². The number of nitrogens with one attached hydrogen (secondary N) is 1. The summed E-state index contributed by atoms with van der Waals surface area (Å²) in [4.78, 5) is 14.2. The van der Waals surface area contributed by atoms with Crippen LogP contribution in [-0.4, -0.2) is 57.8 Å². The molecule has 0 bridgehead atoms. The van der Waals surface area contributed by atoms with Gasteiger partial charge < -0.3 is 20.7 Å². The molecule has 5 heteroatoms. The Morgan fingerprint density at radius 3 is 2.56 bits per heavy atom. The van der Waals surface area contributed by atoms with E-state index < -0.39 is 0 Å². The van der Waals surface area contributed by atoms with Gasteiger partial charge >= 0.3 is 0 Å². The number of nitrogens with two attached hydrogens (primary N) is 1. The summed E-state index contributed by atoms with van der Waals surface area (Å²) in [5, 5.41) is 2.95. The van der Waals surface area contributed by atoms with E-state index in [0.717, 1.165) is 32.2 Å². The first-order valence-electron chi connectivity index (χ1n) is 6.81. The minimum Gasteiger partial charge on any atom is -0.378 e. The van der Waals surface area contributed by atoms with Gasteiger partial charge in [0.2, 0.25) is 5.91 Å². The zero-order chi connectivity index (χ0) is 13.4. The van der Waals surface area contributed by atoms with Crippen LogP contribution in [0.2, 0.25) is 0 Å². The van der Waals surface area contributed by atoms with Crippen LogP contribution in [0.4, 0.5) is 0 Å². The molecule has 0 unspecified atom stereocenters. The van der Waals surface area contributed by atoms with E-state index in [-0.39, 0.29) is 11.3 Å². The zero-order valence-electron chi connectivity index (χ0n) is 11.7. The second-order valence-corrected chi connectivity index (χ2v) is 5.36. The number of likely N-dealkylation sites (N-methyl/N-ethyl adjacent to an activating group) is 1. The molecular weight excluding hydrogens is 230 g/mol. The van der Waals surface area contributed by atoms with E-state index in [4.69, 9.17) is 10.5 Å². The number of hydrogen-bond donors (Lipinski definition) is 2. The molecule has 0 spiro atoms. The molecule has 5 nitrogen and oxygen atoms in total. The first-order valence-corrected chi connectivity index (χ1v) is 6.81. The Morgan fingerprint density at radius 2 is 2.00 bits per heavy atom. The van der Waals surface area contributed by atoms with E-state index in [1.165, 1.54) is 0 Å². The molecule has 1 rings (SSSR count). The lowest BCUT2D eigenvalue weighted by molar-refractivity contribution is -0.130. The molecule has 106 valence electrons. The lowest BCUT2D eigenvalue weighted by Gasteiger charge is -2.25. The molecule has 3 N–H and O–H groups in total. The van der Waals surface area contributed by atoms with Crippen LogP contribution in [0, 0.1) is 5.41 Å². The van der Waals surface area contributed by atoms with Gasteiger partial charge in [0.05, 0.1) is 18.6 Å². The van der Waals surface area contributed by atoms with Gasteiger partial charge in [-0.3, -0.25) is 4.79 Å². The highest BCUT2D eigenvalue weighted by Gasteiger charge is 2.39. The summed E-state index contributed by atoms with van der Waals surface area (Å²) in [6, 6.07) is 0. The average molecular weight is 257 g/mol. The number of nitrogens with zero attached hydrogens (tertiary/aromatic N) is 1. The Kier molecular flexibility index (Phi) is 6.60. The smallest absolute Gasteiger partial charge is 0.227 e. The lowest BCUT2D eigenvalue weighted by atomic mass is 9.85. The van der Waals surface area contributed by atoms with Crippen molar-refractivity contribution in [1.29, 1.82) is 0 Å². The largest absolute Gasteiger partial charge is 0.378 e. The molecule has 0 atom stereocenters. The van der Waals surface area contributed by atoms with Gasteiger partial charge in [-0.25, -0.2) is 0 Å². The molecule has 0 aliphatic heterocycles. The molecule has 0 saturated heterocycles. The highest BCUT2D eigenvalue weighted by Crippen LogP contribution is 2.37. The molecular formula is C13H27N3O2. The maximum atomic E-state index is 12.1. The van der Waals surface area contributed by atoms with E-state index in [1.54, 1.807) is 0 Å². The molecule has 1 amide bonds. The second kappa shape index (κ2) is 7.71. The van der Waals surface area contributed by atoms with Gasteiger partial charge in [-0.05, 0) is 26.9 Å². The van der Waals surface area contributed by atoms with Crippen molar-refractivity contribution in [2.45, 2.75) is 25.7 Å². The minimum absolute atomic E-state index is 0.110. The van der Waals surface area contributed by atoms with E-state index in [1.807, 2.05) is 14.1 Å². The van der Waals surface area contributed by atoms with Crippen LogP contribution in [0.1, 0.15) is 25.7 Å². The summed E-state index contributed by atoms with van der Waals surface area (Å²) >= 11 is 0. The normalized spacial score (nSPS) is 18.2. The van der Waals surface area contributed by atoms with Crippen molar-refractivity contribution in [3.05, 3.63) is 0 Å². The van der Waals surface area contributed by atoms with Crippen LogP contribution in [0.25, 0.3) is 0 Å². The van der Waals surface area contributed by atoms with Crippen LogP contribution >= 0.6 is 0 Å². The monoisotopic (exact) mass is 257 g/mol. The van der Waals surface area contributed by atoms with Gasteiger partial charge in [0.15, 0.2) is 0 Å². The zero-order valence-corrected chi connectivity index (χ0v) is 11.7. The van der Waals surface area contributed by atoms with Crippen molar-refractivity contribution in [3.8, 4) is 0 Å². The molecule has 1 fully saturated rings. The molecule has 1 saturated carbocycles. The predicted molar refractivity (Wildman–Crippen MR) is 72.3 cm³/mol. The second-order valence-electron chi connectivity index (χ2n) is 5.36. The van der Waals surface area contributed by atoms with E-state index in [0.29, 0.717) is 26.3 Å². The minimum atomic E-state index is -0.302. The fourth-order valence-corrected chi connectivity index (χ4v) is 2.35. The molecule has 18 heavy (non-hydrogen) atoms. The van der Waals surface area contributed by atoms with Gasteiger partial charge in [-0.15, -0.1) is 0 Å². The van der Waals surface area contributed by atoms with E-state index in [9.17, 15) is 4.79 Å². The standard InChI is InChI=1S/C13H27N3O2/c1-16(2)8-10-18-9-7-15-12(17)13(11-14)5-3-4-6-13/h3-11,14H2,1-2H3,(H,15,17). The quantitative estimate of drug-likeness (QED) is 0.610. The average Bonchev–Trinajstić information content (AvgIpc) is 2.83. The van der Waals surface area contributed by atoms with Gasteiger partial charge in [-0.2, -0.15) is 0 Å². The maximum Gasteiger partial charge on any atom is 0.227 e. The Morgan fingerprint density at radius 1 is 1.33 bits per heavy atom. The predicted octanol–water partition coefficient (Wildman–Crippen LogP) is 0.200. The third-order valence-corrected chi connectivity index (χ3v) is 3.65. The fourth-order valence-electron chi connectivity index (χ4n) is 2.35. The SMILES string of the molecule is CN(C)CCOCCNC(=O)C1(CN)CCCC1. The maximum absolute atomic E-state index is 12.1. The molecule has 0 radical (unpaired) electrons.